The minimum atomic E-state index is -0.578. The van der Waals surface area contributed by atoms with Crippen molar-refractivity contribution in [2.24, 2.45) is 5.92 Å². The summed E-state index contributed by atoms with van der Waals surface area (Å²) < 4.78 is 0. The zero-order valence-corrected chi connectivity index (χ0v) is 11.9. The van der Waals surface area contributed by atoms with E-state index in [1.165, 1.54) is 18.2 Å². The molecule has 0 aliphatic rings. The number of nitro benzene ring substituents is 1. The summed E-state index contributed by atoms with van der Waals surface area (Å²) >= 11 is 5.77. The van der Waals surface area contributed by atoms with Crippen molar-refractivity contribution in [2.75, 3.05) is 0 Å². The van der Waals surface area contributed by atoms with Crippen LogP contribution in [-0.2, 0) is 0 Å². The Morgan fingerprint density at radius 1 is 1.42 bits per heavy atom. The Balaban J connectivity index is 2.78. The van der Waals surface area contributed by atoms with Crippen LogP contribution >= 0.6 is 11.6 Å². The van der Waals surface area contributed by atoms with Crippen LogP contribution in [0.2, 0.25) is 5.02 Å². The SMILES string of the molecule is CC(C)CC(C)NC(=O)c1ccc([N+](=O)[O-])c(Cl)c1. The summed E-state index contributed by atoms with van der Waals surface area (Å²) in [5.74, 6) is 0.209. The molecule has 0 saturated heterocycles. The number of nitro groups is 1. The Bertz CT molecular complexity index is 489. The summed E-state index contributed by atoms with van der Waals surface area (Å²) in [6.45, 7) is 6.07. The zero-order chi connectivity index (χ0) is 14.6. The van der Waals surface area contributed by atoms with Gasteiger partial charge in [0.25, 0.3) is 11.6 Å². The molecule has 0 heterocycles. The lowest BCUT2D eigenvalue weighted by molar-refractivity contribution is -0.384. The number of halogens is 1. The lowest BCUT2D eigenvalue weighted by Gasteiger charge is -2.15. The summed E-state index contributed by atoms with van der Waals surface area (Å²) in [6.07, 6.45) is 0.868. The Morgan fingerprint density at radius 2 is 2.05 bits per heavy atom. The Morgan fingerprint density at radius 3 is 2.53 bits per heavy atom. The topological polar surface area (TPSA) is 72.2 Å². The van der Waals surface area contributed by atoms with Crippen molar-refractivity contribution in [1.29, 1.82) is 0 Å². The van der Waals surface area contributed by atoms with Crippen molar-refractivity contribution in [3.63, 3.8) is 0 Å². The molecule has 0 bridgehead atoms. The van der Waals surface area contributed by atoms with Crippen LogP contribution in [0.5, 0.6) is 0 Å². The number of amides is 1. The molecule has 104 valence electrons. The number of hydrogen-bond acceptors (Lipinski definition) is 3. The van der Waals surface area contributed by atoms with Gasteiger partial charge in [0.2, 0.25) is 0 Å². The molecular formula is C13H17ClN2O3. The van der Waals surface area contributed by atoms with Gasteiger partial charge in [0.05, 0.1) is 4.92 Å². The van der Waals surface area contributed by atoms with Gasteiger partial charge >= 0.3 is 0 Å². The molecule has 0 aliphatic heterocycles. The van der Waals surface area contributed by atoms with E-state index in [2.05, 4.69) is 19.2 Å². The van der Waals surface area contributed by atoms with E-state index in [1.807, 2.05) is 6.92 Å². The lowest BCUT2D eigenvalue weighted by atomic mass is 10.0. The van der Waals surface area contributed by atoms with Crippen molar-refractivity contribution in [3.05, 3.63) is 38.9 Å². The fourth-order valence-corrected chi connectivity index (χ4v) is 2.12. The lowest BCUT2D eigenvalue weighted by Crippen LogP contribution is -2.33. The predicted molar refractivity (Wildman–Crippen MR) is 74.5 cm³/mol. The maximum atomic E-state index is 11.9. The van der Waals surface area contributed by atoms with E-state index in [9.17, 15) is 14.9 Å². The Kier molecular flexibility index (Phi) is 5.30. The molecule has 0 aliphatic carbocycles. The van der Waals surface area contributed by atoms with Gasteiger partial charge in [-0.2, -0.15) is 0 Å². The molecule has 1 N–H and O–H groups in total. The highest BCUT2D eigenvalue weighted by atomic mass is 35.5. The summed E-state index contributed by atoms with van der Waals surface area (Å²) in [5.41, 5.74) is 0.125. The minimum absolute atomic E-state index is 0.0332. The molecule has 0 radical (unpaired) electrons. The van der Waals surface area contributed by atoms with Gasteiger partial charge in [-0.3, -0.25) is 14.9 Å². The molecule has 0 fully saturated rings. The predicted octanol–water partition coefficient (Wildman–Crippen LogP) is 3.41. The van der Waals surface area contributed by atoms with Crippen LogP contribution in [-0.4, -0.2) is 16.9 Å². The van der Waals surface area contributed by atoms with E-state index in [0.717, 1.165) is 6.42 Å². The molecule has 0 spiro atoms. The molecule has 1 unspecified atom stereocenters. The van der Waals surface area contributed by atoms with Gasteiger partial charge in [-0.15, -0.1) is 0 Å². The molecule has 6 heteroatoms. The maximum absolute atomic E-state index is 11.9. The van der Waals surface area contributed by atoms with Crippen molar-refractivity contribution < 1.29 is 9.72 Å². The van der Waals surface area contributed by atoms with Gasteiger partial charge in [0.15, 0.2) is 0 Å². The highest BCUT2D eigenvalue weighted by molar-refractivity contribution is 6.33. The van der Waals surface area contributed by atoms with E-state index >= 15 is 0 Å². The number of rotatable bonds is 5. The smallest absolute Gasteiger partial charge is 0.287 e. The molecular weight excluding hydrogens is 268 g/mol. The van der Waals surface area contributed by atoms with Crippen LogP contribution in [0.25, 0.3) is 0 Å². The van der Waals surface area contributed by atoms with E-state index in [4.69, 9.17) is 11.6 Å². The second-order valence-electron chi connectivity index (χ2n) is 4.93. The van der Waals surface area contributed by atoms with Crippen molar-refractivity contribution >= 4 is 23.2 Å². The van der Waals surface area contributed by atoms with Gasteiger partial charge in [-0.25, -0.2) is 0 Å². The third kappa shape index (κ3) is 4.52. The average molecular weight is 285 g/mol. The molecule has 5 nitrogen and oxygen atoms in total. The highest BCUT2D eigenvalue weighted by Crippen LogP contribution is 2.25. The van der Waals surface area contributed by atoms with Gasteiger partial charge in [0.1, 0.15) is 5.02 Å². The normalized spacial score (nSPS) is 12.3. The van der Waals surface area contributed by atoms with E-state index < -0.39 is 4.92 Å². The number of hydrogen-bond donors (Lipinski definition) is 1. The first kappa shape index (κ1) is 15.4. The molecule has 1 atom stereocenters. The molecule has 0 aromatic heterocycles. The van der Waals surface area contributed by atoms with Crippen molar-refractivity contribution in [2.45, 2.75) is 33.2 Å². The quantitative estimate of drug-likeness (QED) is 0.665. The van der Waals surface area contributed by atoms with Crippen LogP contribution < -0.4 is 5.32 Å². The van der Waals surface area contributed by atoms with E-state index in [0.29, 0.717) is 11.5 Å². The number of carbonyl (C=O) groups is 1. The second-order valence-corrected chi connectivity index (χ2v) is 5.33. The first-order chi connectivity index (χ1) is 8.81. The number of nitrogens with zero attached hydrogens (tertiary/aromatic N) is 1. The van der Waals surface area contributed by atoms with Gasteiger partial charge in [-0.05, 0) is 31.4 Å². The third-order valence-corrected chi connectivity index (χ3v) is 2.91. The second kappa shape index (κ2) is 6.52. The number of benzene rings is 1. The number of carbonyl (C=O) groups excluding carboxylic acids is 1. The standard InChI is InChI=1S/C13H17ClN2O3/c1-8(2)6-9(3)15-13(17)10-4-5-12(16(18)19)11(14)7-10/h4-5,7-9H,6H2,1-3H3,(H,15,17). The fourth-order valence-electron chi connectivity index (χ4n) is 1.87. The molecule has 1 aromatic carbocycles. The first-order valence-electron chi connectivity index (χ1n) is 6.06. The van der Waals surface area contributed by atoms with Gasteiger partial charge in [-0.1, -0.05) is 25.4 Å². The molecule has 0 saturated carbocycles. The fraction of sp³-hybridized carbons (Fsp3) is 0.462. The van der Waals surface area contributed by atoms with Crippen LogP contribution in [0.4, 0.5) is 5.69 Å². The van der Waals surface area contributed by atoms with Gasteiger partial charge < -0.3 is 5.32 Å². The molecule has 1 aromatic rings. The van der Waals surface area contributed by atoms with E-state index in [1.54, 1.807) is 0 Å². The molecule has 19 heavy (non-hydrogen) atoms. The Hall–Kier alpha value is -1.62. The minimum Gasteiger partial charge on any atom is -0.350 e. The number of nitrogens with one attached hydrogen (secondary N) is 1. The summed E-state index contributed by atoms with van der Waals surface area (Å²) in [7, 11) is 0. The van der Waals surface area contributed by atoms with Crippen molar-refractivity contribution in [3.8, 4) is 0 Å². The first-order valence-corrected chi connectivity index (χ1v) is 6.44. The largest absolute Gasteiger partial charge is 0.350 e. The monoisotopic (exact) mass is 284 g/mol. The molecule has 1 amide bonds. The third-order valence-electron chi connectivity index (χ3n) is 2.61. The summed E-state index contributed by atoms with van der Waals surface area (Å²) in [4.78, 5) is 22.0. The average Bonchev–Trinajstić information content (AvgIpc) is 2.26. The van der Waals surface area contributed by atoms with E-state index in [-0.39, 0.29) is 22.7 Å². The van der Waals surface area contributed by atoms with Gasteiger partial charge in [0, 0.05) is 17.7 Å². The zero-order valence-electron chi connectivity index (χ0n) is 11.1. The summed E-state index contributed by atoms with van der Waals surface area (Å²) in [5, 5.41) is 13.4. The van der Waals surface area contributed by atoms with Crippen LogP contribution in [0.3, 0.4) is 0 Å². The maximum Gasteiger partial charge on any atom is 0.287 e. The van der Waals surface area contributed by atoms with Crippen LogP contribution in [0.15, 0.2) is 18.2 Å². The summed E-state index contributed by atoms with van der Waals surface area (Å²) in [6, 6.07) is 4.00. The van der Waals surface area contributed by atoms with Crippen molar-refractivity contribution in [1.82, 2.24) is 5.32 Å². The highest BCUT2D eigenvalue weighted by Gasteiger charge is 2.16. The van der Waals surface area contributed by atoms with Crippen LogP contribution in [0.1, 0.15) is 37.6 Å². The Labute approximate surface area is 117 Å². The van der Waals surface area contributed by atoms with Crippen LogP contribution in [0, 0.1) is 16.0 Å². The molecule has 1 rings (SSSR count).